The molecule has 1 N–H and O–H groups in total. The highest BCUT2D eigenvalue weighted by Gasteiger charge is 2.47. The van der Waals surface area contributed by atoms with Crippen LogP contribution in [0.15, 0.2) is 42.5 Å². The van der Waals surface area contributed by atoms with Crippen molar-refractivity contribution in [2.45, 2.75) is 25.4 Å². The van der Waals surface area contributed by atoms with Gasteiger partial charge in [0, 0.05) is 6.42 Å². The number of urea groups is 1. The van der Waals surface area contributed by atoms with Crippen LogP contribution in [-0.2, 0) is 17.8 Å². The number of nitrogens with one attached hydrogen (secondary N) is 1. The van der Waals surface area contributed by atoms with E-state index in [2.05, 4.69) is 5.32 Å². The van der Waals surface area contributed by atoms with Gasteiger partial charge in [-0.15, -0.1) is 0 Å². The first-order valence-electron chi connectivity index (χ1n) is 8.22. The van der Waals surface area contributed by atoms with Crippen molar-refractivity contribution >= 4 is 11.9 Å². The van der Waals surface area contributed by atoms with Crippen LogP contribution in [0.25, 0.3) is 0 Å². The average Bonchev–Trinajstić information content (AvgIpc) is 3.15. The summed E-state index contributed by atoms with van der Waals surface area (Å²) in [7, 11) is 0. The third-order valence-corrected chi connectivity index (χ3v) is 4.59. The van der Waals surface area contributed by atoms with Crippen molar-refractivity contribution < 1.29 is 23.5 Å². The first kappa shape index (κ1) is 16.4. The molecule has 6 nitrogen and oxygen atoms in total. The second kappa shape index (κ2) is 6.01. The van der Waals surface area contributed by atoms with Crippen molar-refractivity contribution in [3.63, 3.8) is 0 Å². The Kier molecular flexibility index (Phi) is 3.79. The number of hydrogen-bond acceptors (Lipinski definition) is 4. The van der Waals surface area contributed by atoms with Gasteiger partial charge in [-0.3, -0.25) is 9.69 Å². The molecule has 1 fully saturated rings. The van der Waals surface area contributed by atoms with E-state index in [1.807, 2.05) is 12.1 Å². The van der Waals surface area contributed by atoms with Crippen LogP contribution in [-0.4, -0.2) is 29.2 Å². The number of nitrogens with zero attached hydrogens (tertiary/aromatic N) is 1. The van der Waals surface area contributed by atoms with E-state index < -0.39 is 11.6 Å². The SMILES string of the molecule is C[C@@]1(Cc2ccc3c(c2)OCO3)NC(=O)N(Cc2ccc(F)cc2)C1=O. The van der Waals surface area contributed by atoms with Gasteiger partial charge in [0.2, 0.25) is 6.79 Å². The summed E-state index contributed by atoms with van der Waals surface area (Å²) in [5, 5.41) is 2.77. The highest BCUT2D eigenvalue weighted by Crippen LogP contribution is 2.34. The van der Waals surface area contributed by atoms with Gasteiger partial charge >= 0.3 is 6.03 Å². The lowest BCUT2D eigenvalue weighted by molar-refractivity contribution is -0.131. The lowest BCUT2D eigenvalue weighted by atomic mass is 9.92. The summed E-state index contributed by atoms with van der Waals surface area (Å²) in [6.07, 6.45) is 0.328. The molecule has 0 unspecified atom stereocenters. The summed E-state index contributed by atoms with van der Waals surface area (Å²) in [6.45, 7) is 1.97. The zero-order valence-corrected chi connectivity index (χ0v) is 14.1. The summed E-state index contributed by atoms with van der Waals surface area (Å²) in [5.74, 6) is 0.618. The lowest BCUT2D eigenvalue weighted by Crippen LogP contribution is -2.45. The number of rotatable bonds is 4. The zero-order chi connectivity index (χ0) is 18.3. The fourth-order valence-electron chi connectivity index (χ4n) is 3.24. The minimum absolute atomic E-state index is 0.0989. The minimum atomic E-state index is -1.05. The summed E-state index contributed by atoms with van der Waals surface area (Å²) >= 11 is 0. The molecule has 2 aromatic carbocycles. The predicted octanol–water partition coefficient (Wildman–Crippen LogP) is 2.61. The van der Waals surface area contributed by atoms with Gasteiger partial charge in [-0.1, -0.05) is 18.2 Å². The van der Waals surface area contributed by atoms with Gasteiger partial charge in [-0.25, -0.2) is 9.18 Å². The number of halogens is 1. The number of ether oxygens (including phenoxy) is 2. The molecule has 2 aliphatic heterocycles. The number of imide groups is 1. The highest BCUT2D eigenvalue weighted by atomic mass is 19.1. The molecule has 0 bridgehead atoms. The highest BCUT2D eigenvalue weighted by molar-refractivity contribution is 6.06. The maximum Gasteiger partial charge on any atom is 0.325 e. The summed E-state index contributed by atoms with van der Waals surface area (Å²) in [6, 6.07) is 10.7. The monoisotopic (exact) mass is 356 g/mol. The molecule has 2 aliphatic rings. The van der Waals surface area contributed by atoms with Crippen molar-refractivity contribution in [2.24, 2.45) is 0 Å². The molecule has 2 heterocycles. The number of benzene rings is 2. The van der Waals surface area contributed by atoms with Crippen LogP contribution in [0, 0.1) is 5.82 Å². The molecule has 0 radical (unpaired) electrons. The second-order valence-corrected chi connectivity index (χ2v) is 6.64. The first-order chi connectivity index (χ1) is 12.4. The molecule has 7 heteroatoms. The van der Waals surface area contributed by atoms with Crippen LogP contribution in [0.2, 0.25) is 0 Å². The van der Waals surface area contributed by atoms with E-state index in [4.69, 9.17) is 9.47 Å². The van der Waals surface area contributed by atoms with Crippen LogP contribution in [0.4, 0.5) is 9.18 Å². The molecule has 134 valence electrons. The van der Waals surface area contributed by atoms with Gasteiger partial charge in [-0.05, 0) is 42.3 Å². The average molecular weight is 356 g/mol. The summed E-state index contributed by atoms with van der Waals surface area (Å²) < 4.78 is 23.7. The summed E-state index contributed by atoms with van der Waals surface area (Å²) in [5.41, 5.74) is 0.487. The van der Waals surface area contributed by atoms with E-state index in [0.29, 0.717) is 23.5 Å². The number of amides is 3. The van der Waals surface area contributed by atoms with E-state index in [0.717, 1.165) is 10.5 Å². The molecular weight excluding hydrogens is 339 g/mol. The fraction of sp³-hybridized carbons (Fsp3) is 0.263. The van der Waals surface area contributed by atoms with Gasteiger partial charge in [0.15, 0.2) is 11.5 Å². The van der Waals surface area contributed by atoms with Crippen molar-refractivity contribution in [1.29, 1.82) is 0 Å². The summed E-state index contributed by atoms with van der Waals surface area (Å²) in [4.78, 5) is 26.3. The van der Waals surface area contributed by atoms with E-state index in [1.165, 1.54) is 12.1 Å². The standard InChI is InChI=1S/C19H17FN2O4/c1-19(9-13-4-7-15-16(8-13)26-11-25-15)17(23)22(18(24)21-19)10-12-2-5-14(20)6-3-12/h2-8H,9-11H2,1H3,(H,21,24)/t19-/m0/s1. The van der Waals surface area contributed by atoms with Crippen LogP contribution in [0.1, 0.15) is 18.1 Å². The molecule has 1 atom stereocenters. The number of carbonyl (C=O) groups is 2. The lowest BCUT2D eigenvalue weighted by Gasteiger charge is -2.22. The maximum absolute atomic E-state index is 13.0. The Morgan fingerprint density at radius 3 is 2.54 bits per heavy atom. The molecule has 2 aromatic rings. The molecule has 0 aliphatic carbocycles. The topological polar surface area (TPSA) is 67.9 Å². The van der Waals surface area contributed by atoms with Gasteiger partial charge in [-0.2, -0.15) is 0 Å². The molecular formula is C19H17FN2O4. The molecule has 0 spiro atoms. The minimum Gasteiger partial charge on any atom is -0.454 e. The Labute approximate surface area is 149 Å². The second-order valence-electron chi connectivity index (χ2n) is 6.64. The van der Waals surface area contributed by atoms with E-state index >= 15 is 0 Å². The van der Waals surface area contributed by atoms with Gasteiger partial charge in [0.05, 0.1) is 6.54 Å². The molecule has 1 saturated heterocycles. The smallest absolute Gasteiger partial charge is 0.325 e. The Morgan fingerprint density at radius 2 is 1.77 bits per heavy atom. The van der Waals surface area contributed by atoms with Crippen molar-refractivity contribution in [3.05, 3.63) is 59.4 Å². The normalized spacial score (nSPS) is 21.2. The van der Waals surface area contributed by atoms with Gasteiger partial charge in [0.1, 0.15) is 11.4 Å². The molecule has 3 amide bonds. The van der Waals surface area contributed by atoms with Crippen LogP contribution in [0.3, 0.4) is 0 Å². The third kappa shape index (κ3) is 2.85. The van der Waals surface area contributed by atoms with Crippen molar-refractivity contribution in [3.8, 4) is 11.5 Å². The Balaban J connectivity index is 1.52. The maximum atomic E-state index is 13.0. The van der Waals surface area contributed by atoms with E-state index in [9.17, 15) is 14.0 Å². The quantitative estimate of drug-likeness (QED) is 0.855. The molecule has 0 saturated carbocycles. The number of hydrogen-bond donors (Lipinski definition) is 1. The molecule has 4 rings (SSSR count). The van der Waals surface area contributed by atoms with Crippen molar-refractivity contribution in [1.82, 2.24) is 10.2 Å². The molecule has 26 heavy (non-hydrogen) atoms. The fourth-order valence-corrected chi connectivity index (χ4v) is 3.24. The first-order valence-corrected chi connectivity index (χ1v) is 8.22. The predicted molar refractivity (Wildman–Crippen MR) is 90.2 cm³/mol. The Bertz CT molecular complexity index is 884. The van der Waals surface area contributed by atoms with Crippen LogP contribution in [0.5, 0.6) is 11.5 Å². The Hall–Kier alpha value is -3.09. The zero-order valence-electron chi connectivity index (χ0n) is 14.1. The largest absolute Gasteiger partial charge is 0.454 e. The Morgan fingerprint density at radius 1 is 1.08 bits per heavy atom. The number of fused-ring (bicyclic) bond motifs is 1. The third-order valence-electron chi connectivity index (χ3n) is 4.59. The van der Waals surface area contributed by atoms with Crippen LogP contribution < -0.4 is 14.8 Å². The van der Waals surface area contributed by atoms with E-state index in [-0.39, 0.29) is 25.1 Å². The van der Waals surface area contributed by atoms with Gasteiger partial charge in [0.25, 0.3) is 5.91 Å². The van der Waals surface area contributed by atoms with Gasteiger partial charge < -0.3 is 14.8 Å². The van der Waals surface area contributed by atoms with Crippen molar-refractivity contribution in [2.75, 3.05) is 6.79 Å². The number of carbonyl (C=O) groups excluding carboxylic acids is 2. The van der Waals surface area contributed by atoms with Crippen LogP contribution >= 0.6 is 0 Å². The molecule has 0 aromatic heterocycles. The van der Waals surface area contributed by atoms with E-state index in [1.54, 1.807) is 25.1 Å².